The third-order valence-electron chi connectivity index (χ3n) is 0.391. The summed E-state index contributed by atoms with van der Waals surface area (Å²) in [6.45, 7) is -0.454. The van der Waals surface area contributed by atoms with Gasteiger partial charge in [0.2, 0.25) is 0 Å². The van der Waals surface area contributed by atoms with Gasteiger partial charge in [-0.25, -0.2) is 0 Å². The molecule has 0 aliphatic rings. The Hall–Kier alpha value is 0.0700. The summed E-state index contributed by atoms with van der Waals surface area (Å²) < 4.78 is 9.77. The zero-order valence-electron chi connectivity index (χ0n) is 4.32. The van der Waals surface area contributed by atoms with E-state index in [9.17, 15) is 4.57 Å². The highest BCUT2D eigenvalue weighted by Gasteiger charge is 2.09. The summed E-state index contributed by atoms with van der Waals surface area (Å²) in [4.78, 5) is 15.9. The van der Waals surface area contributed by atoms with Crippen LogP contribution in [0.3, 0.4) is 0 Å². The van der Waals surface area contributed by atoms with E-state index in [2.05, 4.69) is 0 Å². The van der Waals surface area contributed by atoms with E-state index in [0.29, 0.717) is 0 Å². The van der Waals surface area contributed by atoms with E-state index in [-0.39, 0.29) is 6.15 Å². The molecule has 0 radical (unpaired) electrons. The standard InChI is InChI=1S/C2H7O4P.H3N/c3-1-2-7(4,5)6;/h3H,1-2H2,(H2,4,5,6);1H3. The molecule has 0 aliphatic carbocycles. The Balaban J connectivity index is 0. The van der Waals surface area contributed by atoms with Gasteiger partial charge in [-0.15, -0.1) is 0 Å². The highest BCUT2D eigenvalue weighted by atomic mass is 31.2. The van der Waals surface area contributed by atoms with Gasteiger partial charge < -0.3 is 21.0 Å². The quantitative estimate of drug-likeness (QED) is 0.382. The molecular weight excluding hydrogens is 133 g/mol. The Labute approximate surface area is 47.1 Å². The van der Waals surface area contributed by atoms with Gasteiger partial charge in [0.1, 0.15) is 0 Å². The van der Waals surface area contributed by atoms with Crippen molar-refractivity contribution in [3.8, 4) is 0 Å². The van der Waals surface area contributed by atoms with Crippen LogP contribution in [0.5, 0.6) is 0 Å². The lowest BCUT2D eigenvalue weighted by atomic mass is 10.9. The predicted octanol–water partition coefficient (Wildman–Crippen LogP) is -0.682. The van der Waals surface area contributed by atoms with Crippen molar-refractivity contribution in [2.45, 2.75) is 0 Å². The summed E-state index contributed by atoms with van der Waals surface area (Å²) in [5.41, 5.74) is 0. The lowest BCUT2D eigenvalue weighted by Gasteiger charge is -1.96. The SMILES string of the molecule is N.O=P(O)(O)CCO. The van der Waals surface area contributed by atoms with E-state index in [1.54, 1.807) is 0 Å². The molecule has 0 spiro atoms. The third kappa shape index (κ3) is 9.42. The van der Waals surface area contributed by atoms with E-state index in [0.717, 1.165) is 0 Å². The van der Waals surface area contributed by atoms with E-state index < -0.39 is 20.4 Å². The molecular formula is C2H10NO4P. The maximum Gasteiger partial charge on any atom is 0.327 e. The zero-order valence-corrected chi connectivity index (χ0v) is 5.21. The molecule has 0 saturated heterocycles. The highest BCUT2D eigenvalue weighted by molar-refractivity contribution is 7.51. The Kier molecular flexibility index (Phi) is 5.47. The van der Waals surface area contributed by atoms with Gasteiger partial charge in [-0.2, -0.15) is 0 Å². The van der Waals surface area contributed by atoms with Crippen molar-refractivity contribution in [1.82, 2.24) is 6.15 Å². The molecule has 0 aromatic carbocycles. The normalized spacial score (nSPS) is 10.4. The second-order valence-electron chi connectivity index (χ2n) is 1.11. The number of hydrogen-bond donors (Lipinski definition) is 4. The molecule has 0 heterocycles. The van der Waals surface area contributed by atoms with Crippen molar-refractivity contribution in [3.05, 3.63) is 0 Å². The molecule has 8 heavy (non-hydrogen) atoms. The van der Waals surface area contributed by atoms with Gasteiger partial charge >= 0.3 is 7.60 Å². The Morgan fingerprint density at radius 2 is 1.75 bits per heavy atom. The van der Waals surface area contributed by atoms with E-state index >= 15 is 0 Å². The summed E-state index contributed by atoms with van der Waals surface area (Å²) in [7, 11) is -3.92. The van der Waals surface area contributed by atoms with Crippen molar-refractivity contribution in [1.29, 1.82) is 0 Å². The van der Waals surface area contributed by atoms with Crippen molar-refractivity contribution < 1.29 is 19.5 Å². The molecule has 0 aromatic rings. The summed E-state index contributed by atoms with van der Waals surface area (Å²) >= 11 is 0. The minimum absolute atomic E-state index is 0. The second-order valence-corrected chi connectivity index (χ2v) is 2.89. The molecule has 0 aromatic heterocycles. The van der Waals surface area contributed by atoms with Crippen LogP contribution in [-0.4, -0.2) is 27.7 Å². The van der Waals surface area contributed by atoms with E-state index in [1.165, 1.54) is 0 Å². The molecule has 0 aliphatic heterocycles. The van der Waals surface area contributed by atoms with Gasteiger partial charge in [-0.1, -0.05) is 0 Å². The molecule has 0 bridgehead atoms. The summed E-state index contributed by atoms with van der Waals surface area (Å²) in [5.74, 6) is 0. The maximum absolute atomic E-state index is 9.77. The van der Waals surface area contributed by atoms with Crippen molar-refractivity contribution in [3.63, 3.8) is 0 Å². The van der Waals surface area contributed by atoms with E-state index in [1.807, 2.05) is 0 Å². The highest BCUT2D eigenvalue weighted by Crippen LogP contribution is 2.32. The van der Waals surface area contributed by atoms with Gasteiger partial charge in [-0.3, -0.25) is 4.57 Å². The van der Waals surface area contributed by atoms with Crippen LogP contribution >= 0.6 is 7.60 Å². The fourth-order valence-corrected chi connectivity index (χ4v) is 0.391. The van der Waals surface area contributed by atoms with Gasteiger partial charge in [0.05, 0.1) is 12.8 Å². The molecule has 6 heteroatoms. The van der Waals surface area contributed by atoms with Crippen LogP contribution < -0.4 is 6.15 Å². The number of aliphatic hydroxyl groups is 1. The largest absolute Gasteiger partial charge is 0.396 e. The van der Waals surface area contributed by atoms with Crippen LogP contribution in [0.2, 0.25) is 0 Å². The summed E-state index contributed by atoms with van der Waals surface area (Å²) in [5, 5.41) is 7.91. The smallest absolute Gasteiger partial charge is 0.327 e. The first kappa shape index (κ1) is 10.9. The van der Waals surface area contributed by atoms with Crippen molar-refractivity contribution in [2.75, 3.05) is 12.8 Å². The Morgan fingerprint density at radius 1 is 1.38 bits per heavy atom. The van der Waals surface area contributed by atoms with Gasteiger partial charge in [0, 0.05) is 0 Å². The molecule has 0 amide bonds. The third-order valence-corrected chi connectivity index (χ3v) is 1.17. The minimum Gasteiger partial charge on any atom is -0.396 e. The summed E-state index contributed by atoms with van der Waals surface area (Å²) in [6.07, 6.45) is -0.438. The van der Waals surface area contributed by atoms with Gasteiger partial charge in [0.25, 0.3) is 0 Å². The van der Waals surface area contributed by atoms with Crippen molar-refractivity contribution in [2.24, 2.45) is 0 Å². The first-order valence-electron chi connectivity index (χ1n) is 1.72. The fraction of sp³-hybridized carbons (Fsp3) is 1.00. The molecule has 6 N–H and O–H groups in total. The minimum atomic E-state index is -3.92. The zero-order chi connectivity index (χ0) is 5.91. The second kappa shape index (κ2) is 4.00. The molecule has 5 nitrogen and oxygen atoms in total. The molecule has 52 valence electrons. The number of rotatable bonds is 2. The first-order chi connectivity index (χ1) is 3.06. The Morgan fingerprint density at radius 3 is 1.75 bits per heavy atom. The lowest BCUT2D eigenvalue weighted by Crippen LogP contribution is -1.91. The Bertz CT molecular complexity index is 88.0. The maximum atomic E-state index is 9.77. The van der Waals surface area contributed by atoms with Crippen LogP contribution in [0.1, 0.15) is 0 Å². The number of hydrogen-bond acceptors (Lipinski definition) is 3. The monoisotopic (exact) mass is 143 g/mol. The molecule has 0 unspecified atom stereocenters. The molecule has 0 fully saturated rings. The van der Waals surface area contributed by atoms with Gasteiger partial charge in [0.15, 0.2) is 0 Å². The number of aliphatic hydroxyl groups excluding tert-OH is 1. The molecule has 0 saturated carbocycles. The van der Waals surface area contributed by atoms with Crippen molar-refractivity contribution >= 4 is 7.60 Å². The first-order valence-corrected chi connectivity index (χ1v) is 3.51. The van der Waals surface area contributed by atoms with Crippen LogP contribution in [-0.2, 0) is 4.57 Å². The predicted molar refractivity (Wildman–Crippen MR) is 29.0 cm³/mol. The average Bonchev–Trinajstić information content (AvgIpc) is 1.30. The topological polar surface area (TPSA) is 113 Å². The van der Waals surface area contributed by atoms with Crippen LogP contribution in [0, 0.1) is 0 Å². The van der Waals surface area contributed by atoms with Crippen LogP contribution in [0.15, 0.2) is 0 Å². The van der Waals surface area contributed by atoms with Crippen LogP contribution in [0.25, 0.3) is 0 Å². The summed E-state index contributed by atoms with van der Waals surface area (Å²) in [6, 6.07) is 0. The van der Waals surface area contributed by atoms with E-state index in [4.69, 9.17) is 14.9 Å². The van der Waals surface area contributed by atoms with Gasteiger partial charge in [-0.05, 0) is 0 Å². The molecule has 0 atom stereocenters. The fourth-order valence-electron chi connectivity index (χ4n) is 0.130. The lowest BCUT2D eigenvalue weighted by molar-refractivity contribution is 0.299. The van der Waals surface area contributed by atoms with Crippen LogP contribution in [0.4, 0.5) is 0 Å². The average molecular weight is 143 g/mol. The molecule has 0 rings (SSSR count).